The van der Waals surface area contributed by atoms with Gasteiger partial charge >= 0.3 is 21.1 Å². The van der Waals surface area contributed by atoms with Gasteiger partial charge in [0.2, 0.25) is 10.0 Å². The van der Waals surface area contributed by atoms with Crippen LogP contribution in [0.4, 0.5) is 8.78 Å². The summed E-state index contributed by atoms with van der Waals surface area (Å²) in [6, 6.07) is 0.0330. The number of hydrogen-bond donors (Lipinski definition) is 1. The van der Waals surface area contributed by atoms with Crippen molar-refractivity contribution < 1.29 is 47.7 Å². The largest absolute Gasteiger partial charge is 2.00 e. The molecule has 2 aliphatic rings. The Labute approximate surface area is 430 Å². The molecule has 0 aromatic rings. The van der Waals surface area contributed by atoms with Crippen molar-refractivity contribution >= 4 is 18.4 Å². The molecule has 0 heterocycles. The summed E-state index contributed by atoms with van der Waals surface area (Å²) in [6.07, 6.45) is 13.8. The molecule has 2 aliphatic carbocycles. The summed E-state index contributed by atoms with van der Waals surface area (Å²) in [4.78, 5) is 0. The molecule has 2 saturated carbocycles. The van der Waals surface area contributed by atoms with Gasteiger partial charge in [-0.05, 0) is 121 Å². The molecule has 0 saturated heterocycles. The average Bonchev–Trinajstić information content (AvgIpc) is 3.83. The maximum absolute atomic E-state index is 12.9. The van der Waals surface area contributed by atoms with Gasteiger partial charge < -0.3 is 24.3 Å². The van der Waals surface area contributed by atoms with E-state index in [2.05, 4.69) is 136 Å². The molecule has 0 unspecified atom stereocenters. The molecule has 0 aromatic carbocycles. The number of halogens is 2. The minimum atomic E-state index is -2.94. The Morgan fingerprint density at radius 1 is 0.585 bits per heavy atom. The minimum absolute atomic E-state index is 0. The predicted molar refractivity (Wildman–Crippen MR) is 296 cm³/mol. The SMILES string of the molecule is C.C.C.CC(C)(C)C(C)(C)C.CC(C)C/C=C/C(F)(F)C(C)C.CC(C)NS(=O)(=O)C1CC1.CC(C)O[C@@H]1CCC[C@H]1OC(C)C.CCC(C)C.CCC(C)C.CCC(C)C.[B].[CH3-].[CH3-].[W+2]. The van der Waals surface area contributed by atoms with E-state index in [1.165, 1.54) is 39.5 Å². The van der Waals surface area contributed by atoms with Crippen molar-refractivity contribution in [2.45, 2.75) is 295 Å². The summed E-state index contributed by atoms with van der Waals surface area (Å²) >= 11 is 0. The van der Waals surface area contributed by atoms with Crippen LogP contribution in [0.5, 0.6) is 0 Å². The van der Waals surface area contributed by atoms with E-state index in [0.29, 0.717) is 41.2 Å². The molecule has 65 heavy (non-hydrogen) atoms. The van der Waals surface area contributed by atoms with Crippen LogP contribution in [-0.4, -0.2) is 58.5 Å². The fourth-order valence-electron chi connectivity index (χ4n) is 3.40. The summed E-state index contributed by atoms with van der Waals surface area (Å²) in [7, 11) is -2.94. The zero-order chi connectivity index (χ0) is 47.3. The van der Waals surface area contributed by atoms with Crippen LogP contribution >= 0.6 is 0 Å². The standard InChI is InChI=1S/C11H22O2.C10H18F2.C8H18.C6H13NO2S.3C5H12.3CH4.2CH3.B.W/c1-8(2)12-10-6-5-7-11(10)13-9(3)4;1-8(2)6-5-7-10(11,12)9(3)4;1-7(2,3)8(4,5)6;1-5(2)7-10(8,9)6-3-4-6;3*1-4-5(2)3;;;;;;;/h8-11H,5-7H2,1-4H3;5,7-9H,6H2,1-4H3;1-6H3;5-7H,3-4H2,1-2H3;3*5H,4H2,1-3H3;3*1H4;2*1H3;;/q;;;;;;;;;;2*-1;;+2/b;7-5+;;;;;;;;;;;;/t10-,11-;;;;;;;;;;;;;/m1............./s1. The van der Waals surface area contributed by atoms with Gasteiger partial charge in [0.1, 0.15) is 0 Å². The van der Waals surface area contributed by atoms with Crippen molar-refractivity contribution in [3.63, 3.8) is 0 Å². The molecule has 10 heteroatoms. The van der Waals surface area contributed by atoms with E-state index < -0.39 is 21.9 Å². The smallest absolute Gasteiger partial charge is 0.373 e. The van der Waals surface area contributed by atoms with Gasteiger partial charge in [-0.25, -0.2) is 21.9 Å². The molecular formula is C55H125BF2NO4SW. The first-order chi connectivity index (χ1) is 26.0. The van der Waals surface area contributed by atoms with Gasteiger partial charge in [-0.1, -0.05) is 179 Å². The second kappa shape index (κ2) is 50.6. The molecule has 2 rings (SSSR count). The third-order valence-electron chi connectivity index (χ3n) is 10.1. The minimum Gasteiger partial charge on any atom is -0.373 e. The van der Waals surface area contributed by atoms with E-state index in [4.69, 9.17) is 9.47 Å². The van der Waals surface area contributed by atoms with Crippen molar-refractivity contribution in [1.29, 1.82) is 0 Å². The van der Waals surface area contributed by atoms with Gasteiger partial charge in [0, 0.05) is 20.4 Å². The van der Waals surface area contributed by atoms with E-state index in [0.717, 1.165) is 55.9 Å². The van der Waals surface area contributed by atoms with Gasteiger partial charge in [-0.15, -0.1) is 0 Å². The Morgan fingerprint density at radius 3 is 1.03 bits per heavy atom. The van der Waals surface area contributed by atoms with Crippen LogP contribution in [0.15, 0.2) is 12.2 Å². The first-order valence-corrected chi connectivity index (χ1v) is 25.0. The van der Waals surface area contributed by atoms with Crippen molar-refractivity contribution in [2.24, 2.45) is 40.4 Å². The van der Waals surface area contributed by atoms with Crippen molar-refractivity contribution in [2.75, 3.05) is 0 Å². The van der Waals surface area contributed by atoms with E-state index in [-0.39, 0.29) is 77.9 Å². The van der Waals surface area contributed by atoms with Crippen LogP contribution in [0.1, 0.15) is 253 Å². The van der Waals surface area contributed by atoms with Crippen LogP contribution in [0.3, 0.4) is 0 Å². The van der Waals surface area contributed by atoms with Gasteiger partial charge in [-0.3, -0.25) is 0 Å². The number of hydrogen-bond acceptors (Lipinski definition) is 4. The third kappa shape index (κ3) is 68.5. The molecule has 2 fully saturated rings. The maximum Gasteiger partial charge on any atom is 2.00 e. The van der Waals surface area contributed by atoms with Crippen LogP contribution in [-0.2, 0) is 40.6 Å². The summed E-state index contributed by atoms with van der Waals surface area (Å²) in [5, 5.41) is -0.0881. The Balaban J connectivity index is -0.0000000510. The van der Waals surface area contributed by atoms with Gasteiger partial charge in [0.05, 0.1) is 29.7 Å². The maximum atomic E-state index is 12.9. The number of alkyl halides is 2. The quantitative estimate of drug-likeness (QED) is 0.107. The molecule has 0 spiro atoms. The fourth-order valence-corrected chi connectivity index (χ4v) is 5.00. The molecule has 1 N–H and O–H groups in total. The second-order valence-electron chi connectivity index (χ2n) is 21.2. The number of allylic oxidation sites excluding steroid dienone is 2. The Morgan fingerprint density at radius 2 is 0.862 bits per heavy atom. The van der Waals surface area contributed by atoms with Crippen molar-refractivity contribution in [1.82, 2.24) is 4.72 Å². The molecule has 0 bridgehead atoms. The molecule has 0 aromatic heterocycles. The topological polar surface area (TPSA) is 64.6 Å². The second-order valence-corrected chi connectivity index (χ2v) is 23.2. The molecule has 2 atom stereocenters. The van der Waals surface area contributed by atoms with Gasteiger partial charge in [-0.2, -0.15) is 0 Å². The zero-order valence-corrected chi connectivity index (χ0v) is 50.4. The molecule has 403 valence electrons. The van der Waals surface area contributed by atoms with Crippen molar-refractivity contribution in [3.8, 4) is 0 Å². The van der Waals surface area contributed by atoms with E-state index in [1.807, 2.05) is 27.7 Å². The van der Waals surface area contributed by atoms with E-state index >= 15 is 0 Å². The average molecular weight is 1130 g/mol. The molecule has 5 nitrogen and oxygen atoms in total. The molecule has 0 amide bonds. The van der Waals surface area contributed by atoms with Crippen LogP contribution < -0.4 is 4.72 Å². The normalized spacial score (nSPS) is 15.4. The summed E-state index contributed by atoms with van der Waals surface area (Å²) in [6.45, 7) is 52.7. The number of rotatable bonds is 14. The molecule has 0 aliphatic heterocycles. The Hall–Kier alpha value is 0.183. The summed E-state index contributed by atoms with van der Waals surface area (Å²) in [5.74, 6) is -0.153. The molecule has 3 radical (unpaired) electrons. The molecular weight excluding hydrogens is 1000 g/mol. The van der Waals surface area contributed by atoms with E-state index in [9.17, 15) is 17.2 Å². The first-order valence-electron chi connectivity index (χ1n) is 23.4. The Kier molecular flexibility index (Phi) is 73.9. The third-order valence-corrected chi connectivity index (χ3v) is 12.2. The van der Waals surface area contributed by atoms with Crippen molar-refractivity contribution in [3.05, 3.63) is 27.0 Å². The summed E-state index contributed by atoms with van der Waals surface area (Å²) in [5.41, 5.74) is 0.875. The predicted octanol–water partition coefficient (Wildman–Crippen LogP) is 18.8. The Bertz CT molecular complexity index is 1000. The zero-order valence-electron chi connectivity index (χ0n) is 46.7. The fraction of sp³-hybridized carbons (Fsp3) is 0.927. The van der Waals surface area contributed by atoms with Gasteiger partial charge in [0.15, 0.2) is 0 Å². The monoisotopic (exact) mass is 1130 g/mol. The summed E-state index contributed by atoms with van der Waals surface area (Å²) < 4.78 is 62.2. The van der Waals surface area contributed by atoms with Gasteiger partial charge in [0.25, 0.3) is 5.92 Å². The van der Waals surface area contributed by atoms with E-state index in [1.54, 1.807) is 6.08 Å². The number of sulfonamides is 1. The number of nitrogens with one attached hydrogen (secondary N) is 1. The van der Waals surface area contributed by atoms with Crippen LogP contribution in [0.2, 0.25) is 0 Å². The van der Waals surface area contributed by atoms with Crippen LogP contribution in [0, 0.1) is 55.3 Å². The first kappa shape index (κ1) is 94.9. The number of ether oxygens (including phenoxy) is 2. The van der Waals surface area contributed by atoms with Crippen LogP contribution in [0.25, 0.3) is 0 Å².